The number of carbonyl (C=O) groups is 1. The van der Waals surface area contributed by atoms with Gasteiger partial charge >= 0.3 is 5.97 Å². The normalized spacial score (nSPS) is 19.7. The lowest BCUT2D eigenvalue weighted by Gasteiger charge is -2.09. The highest BCUT2D eigenvalue weighted by Crippen LogP contribution is 2.27. The quantitative estimate of drug-likeness (QED) is 0.622. The van der Waals surface area contributed by atoms with E-state index in [1.807, 2.05) is 6.92 Å². The molecule has 0 aliphatic heterocycles. The monoisotopic (exact) mass is 157 g/mol. The van der Waals surface area contributed by atoms with Gasteiger partial charge in [0.25, 0.3) is 0 Å². The molecule has 1 aliphatic carbocycles. The summed E-state index contributed by atoms with van der Waals surface area (Å²) in [6.07, 6.45) is 2.85. The molecule has 0 radical (unpaired) electrons. The van der Waals surface area contributed by atoms with Gasteiger partial charge in [0, 0.05) is 6.04 Å². The van der Waals surface area contributed by atoms with Crippen molar-refractivity contribution >= 4 is 5.97 Å². The average Bonchev–Trinajstić information content (AvgIpc) is 2.63. The van der Waals surface area contributed by atoms with Gasteiger partial charge in [0.15, 0.2) is 0 Å². The van der Waals surface area contributed by atoms with E-state index in [4.69, 9.17) is 5.11 Å². The van der Waals surface area contributed by atoms with E-state index in [0.717, 1.165) is 12.5 Å². The molecule has 1 unspecified atom stereocenters. The second-order valence-electron chi connectivity index (χ2n) is 3.35. The first-order chi connectivity index (χ1) is 5.18. The maximum Gasteiger partial charge on any atom is 0.304 e. The fourth-order valence-electron chi connectivity index (χ4n) is 1.02. The zero-order valence-electron chi connectivity index (χ0n) is 6.84. The largest absolute Gasteiger partial charge is 0.481 e. The summed E-state index contributed by atoms with van der Waals surface area (Å²) < 4.78 is 0. The van der Waals surface area contributed by atoms with E-state index < -0.39 is 5.97 Å². The standard InChI is InChI=1S/C8H15NO2/c1-6(4-8(10)11)9-5-7-2-3-7/h6-7,9H,2-5H2,1H3,(H,10,11). The maximum absolute atomic E-state index is 10.2. The summed E-state index contributed by atoms with van der Waals surface area (Å²) in [6.45, 7) is 2.91. The van der Waals surface area contributed by atoms with E-state index >= 15 is 0 Å². The van der Waals surface area contributed by atoms with Gasteiger partial charge in [-0.3, -0.25) is 4.79 Å². The average molecular weight is 157 g/mol. The van der Waals surface area contributed by atoms with Gasteiger partial charge in [0.1, 0.15) is 0 Å². The SMILES string of the molecule is CC(CC(=O)O)NCC1CC1. The van der Waals surface area contributed by atoms with Crippen LogP contribution >= 0.6 is 0 Å². The van der Waals surface area contributed by atoms with Crippen LogP contribution in [0.4, 0.5) is 0 Å². The van der Waals surface area contributed by atoms with Gasteiger partial charge in [0.2, 0.25) is 0 Å². The Balaban J connectivity index is 1.99. The van der Waals surface area contributed by atoms with E-state index in [0.29, 0.717) is 0 Å². The predicted octanol–water partition coefficient (Wildman–Crippen LogP) is 0.849. The summed E-state index contributed by atoms with van der Waals surface area (Å²) in [5.41, 5.74) is 0. The molecule has 1 fully saturated rings. The molecule has 1 aliphatic rings. The van der Waals surface area contributed by atoms with Gasteiger partial charge in [-0.25, -0.2) is 0 Å². The highest BCUT2D eigenvalue weighted by molar-refractivity contribution is 5.67. The number of carboxylic acids is 1. The van der Waals surface area contributed by atoms with Crippen LogP contribution in [0.2, 0.25) is 0 Å². The highest BCUT2D eigenvalue weighted by atomic mass is 16.4. The van der Waals surface area contributed by atoms with Crippen LogP contribution in [0.25, 0.3) is 0 Å². The molecule has 3 nitrogen and oxygen atoms in total. The van der Waals surface area contributed by atoms with E-state index in [1.54, 1.807) is 0 Å². The third kappa shape index (κ3) is 3.98. The first-order valence-electron chi connectivity index (χ1n) is 4.13. The molecule has 1 saturated carbocycles. The van der Waals surface area contributed by atoms with Gasteiger partial charge in [-0.1, -0.05) is 0 Å². The molecule has 1 rings (SSSR count). The Morgan fingerprint density at radius 2 is 2.36 bits per heavy atom. The Morgan fingerprint density at radius 1 is 1.73 bits per heavy atom. The number of hydrogen-bond acceptors (Lipinski definition) is 2. The Morgan fingerprint density at radius 3 is 2.82 bits per heavy atom. The Labute approximate surface area is 66.8 Å². The number of hydrogen-bond donors (Lipinski definition) is 2. The molecule has 0 spiro atoms. The lowest BCUT2D eigenvalue weighted by Crippen LogP contribution is -2.30. The minimum atomic E-state index is -0.721. The Kier molecular flexibility index (Phi) is 2.88. The van der Waals surface area contributed by atoms with Crippen molar-refractivity contribution in [2.24, 2.45) is 5.92 Å². The van der Waals surface area contributed by atoms with Gasteiger partial charge in [0.05, 0.1) is 6.42 Å². The summed E-state index contributed by atoms with van der Waals surface area (Å²) in [5.74, 6) is 0.104. The van der Waals surface area contributed by atoms with Crippen LogP contribution in [0.5, 0.6) is 0 Å². The fraction of sp³-hybridized carbons (Fsp3) is 0.875. The minimum absolute atomic E-state index is 0.119. The van der Waals surface area contributed by atoms with Crippen molar-refractivity contribution in [1.29, 1.82) is 0 Å². The number of nitrogens with one attached hydrogen (secondary N) is 1. The van der Waals surface area contributed by atoms with Crippen LogP contribution in [0.1, 0.15) is 26.2 Å². The van der Waals surface area contributed by atoms with Crippen LogP contribution in [0.15, 0.2) is 0 Å². The number of aliphatic carboxylic acids is 1. The maximum atomic E-state index is 10.2. The van der Waals surface area contributed by atoms with Crippen molar-refractivity contribution in [3.63, 3.8) is 0 Å². The van der Waals surface area contributed by atoms with Crippen molar-refractivity contribution in [1.82, 2.24) is 5.32 Å². The van der Waals surface area contributed by atoms with Gasteiger partial charge < -0.3 is 10.4 Å². The van der Waals surface area contributed by atoms with Gasteiger partial charge in [-0.15, -0.1) is 0 Å². The summed E-state index contributed by atoms with van der Waals surface area (Å²) in [6, 6.07) is 0.119. The molecule has 0 aromatic rings. The molecule has 11 heavy (non-hydrogen) atoms. The van der Waals surface area contributed by atoms with Crippen LogP contribution < -0.4 is 5.32 Å². The zero-order chi connectivity index (χ0) is 8.27. The van der Waals surface area contributed by atoms with Crippen LogP contribution in [-0.4, -0.2) is 23.7 Å². The highest BCUT2D eigenvalue weighted by Gasteiger charge is 2.21. The fourth-order valence-corrected chi connectivity index (χ4v) is 1.02. The van der Waals surface area contributed by atoms with Crippen molar-refractivity contribution in [2.45, 2.75) is 32.2 Å². The molecule has 1 atom stereocenters. The molecule has 0 bridgehead atoms. The molecule has 64 valence electrons. The number of carboxylic acid groups (broad SMARTS) is 1. The van der Waals surface area contributed by atoms with E-state index in [1.165, 1.54) is 12.8 Å². The summed E-state index contributed by atoms with van der Waals surface area (Å²) in [7, 11) is 0. The third-order valence-electron chi connectivity index (χ3n) is 1.93. The summed E-state index contributed by atoms with van der Waals surface area (Å²) in [5, 5.41) is 11.6. The summed E-state index contributed by atoms with van der Waals surface area (Å²) >= 11 is 0. The Hall–Kier alpha value is -0.570. The predicted molar refractivity (Wildman–Crippen MR) is 42.4 cm³/mol. The first kappa shape index (κ1) is 8.53. The molecule has 0 amide bonds. The second-order valence-corrected chi connectivity index (χ2v) is 3.35. The molecular formula is C8H15NO2. The first-order valence-corrected chi connectivity index (χ1v) is 4.13. The van der Waals surface area contributed by atoms with Crippen molar-refractivity contribution < 1.29 is 9.90 Å². The third-order valence-corrected chi connectivity index (χ3v) is 1.93. The van der Waals surface area contributed by atoms with Crippen molar-refractivity contribution in [2.75, 3.05) is 6.54 Å². The summed E-state index contributed by atoms with van der Waals surface area (Å²) in [4.78, 5) is 10.2. The van der Waals surface area contributed by atoms with E-state index in [-0.39, 0.29) is 12.5 Å². The molecule has 0 heterocycles. The molecule has 2 N–H and O–H groups in total. The van der Waals surface area contributed by atoms with Gasteiger partial charge in [-0.05, 0) is 32.2 Å². The molecule has 0 aromatic carbocycles. The van der Waals surface area contributed by atoms with Gasteiger partial charge in [-0.2, -0.15) is 0 Å². The zero-order valence-corrected chi connectivity index (χ0v) is 6.84. The Bertz CT molecular complexity index is 143. The van der Waals surface area contributed by atoms with Crippen LogP contribution in [-0.2, 0) is 4.79 Å². The molecule has 3 heteroatoms. The lowest BCUT2D eigenvalue weighted by molar-refractivity contribution is -0.137. The minimum Gasteiger partial charge on any atom is -0.481 e. The van der Waals surface area contributed by atoms with Crippen LogP contribution in [0, 0.1) is 5.92 Å². The van der Waals surface area contributed by atoms with E-state index in [9.17, 15) is 4.79 Å². The second kappa shape index (κ2) is 3.72. The molecule has 0 aromatic heterocycles. The van der Waals surface area contributed by atoms with Crippen LogP contribution in [0.3, 0.4) is 0 Å². The molecular weight excluding hydrogens is 142 g/mol. The molecule has 0 saturated heterocycles. The van der Waals surface area contributed by atoms with Crippen molar-refractivity contribution in [3.8, 4) is 0 Å². The topological polar surface area (TPSA) is 49.3 Å². The number of rotatable bonds is 5. The van der Waals surface area contributed by atoms with E-state index in [2.05, 4.69) is 5.32 Å². The smallest absolute Gasteiger partial charge is 0.304 e. The lowest BCUT2D eigenvalue weighted by atomic mass is 10.2. The van der Waals surface area contributed by atoms with Crippen molar-refractivity contribution in [3.05, 3.63) is 0 Å².